The van der Waals surface area contributed by atoms with Gasteiger partial charge in [0, 0.05) is 13.1 Å². The van der Waals surface area contributed by atoms with Crippen molar-refractivity contribution in [3.8, 4) is 0 Å². The van der Waals surface area contributed by atoms with Crippen molar-refractivity contribution in [1.29, 1.82) is 0 Å². The molecule has 0 amide bonds. The van der Waals surface area contributed by atoms with Gasteiger partial charge in [-0.1, -0.05) is 65.0 Å². The number of hydrogen-bond donors (Lipinski definition) is 1. The maximum atomic E-state index is 5.44. The van der Waals surface area contributed by atoms with E-state index in [0.29, 0.717) is 4.38 Å². The molecule has 0 aromatic carbocycles. The van der Waals surface area contributed by atoms with Gasteiger partial charge < -0.3 is 4.84 Å². The highest BCUT2D eigenvalue weighted by molar-refractivity contribution is 8.10. The highest BCUT2D eigenvalue weighted by Crippen LogP contribution is 2.07. The van der Waals surface area contributed by atoms with Crippen LogP contribution in [0.2, 0.25) is 0 Å². The standard InChI is InChI=1S/C13H27NOS2/c1-3-5-7-9-11-14(15-13(16)17)12-10-8-6-4-2/h3-12H2,1-2H3,(H,16,17). The number of hydroxylamine groups is 2. The summed E-state index contributed by atoms with van der Waals surface area (Å²) in [6.07, 6.45) is 10.0. The van der Waals surface area contributed by atoms with Gasteiger partial charge in [-0.15, -0.1) is 5.06 Å². The normalized spacial score (nSPS) is 10.8. The van der Waals surface area contributed by atoms with E-state index in [1.54, 1.807) is 0 Å². The molecule has 0 aliphatic rings. The molecule has 0 heterocycles. The first-order valence-electron chi connectivity index (χ1n) is 6.86. The van der Waals surface area contributed by atoms with Crippen LogP contribution >= 0.6 is 24.8 Å². The van der Waals surface area contributed by atoms with Crippen molar-refractivity contribution >= 4 is 29.2 Å². The van der Waals surface area contributed by atoms with E-state index in [2.05, 4.69) is 26.5 Å². The van der Waals surface area contributed by atoms with Crippen LogP contribution in [0.4, 0.5) is 0 Å². The predicted octanol–water partition coefficient (Wildman–Crippen LogP) is 4.60. The molecular formula is C13H27NOS2. The molecule has 0 fully saturated rings. The molecule has 0 N–H and O–H groups in total. The summed E-state index contributed by atoms with van der Waals surface area (Å²) in [4.78, 5) is 5.44. The zero-order chi connectivity index (χ0) is 12.9. The van der Waals surface area contributed by atoms with E-state index in [0.717, 1.165) is 13.1 Å². The minimum absolute atomic E-state index is 0.330. The Kier molecular flexibility index (Phi) is 12.8. The van der Waals surface area contributed by atoms with Gasteiger partial charge in [0.05, 0.1) is 0 Å². The maximum absolute atomic E-state index is 5.44. The monoisotopic (exact) mass is 277 g/mol. The highest BCUT2D eigenvalue weighted by atomic mass is 32.1. The number of nitrogens with zero attached hydrogens (tertiary/aromatic N) is 1. The van der Waals surface area contributed by atoms with E-state index >= 15 is 0 Å². The van der Waals surface area contributed by atoms with Crippen LogP contribution in [0.3, 0.4) is 0 Å². The smallest absolute Gasteiger partial charge is 0.241 e. The lowest BCUT2D eigenvalue weighted by molar-refractivity contribution is -0.0676. The van der Waals surface area contributed by atoms with Gasteiger partial charge in [0.15, 0.2) is 0 Å². The number of rotatable bonds is 11. The second kappa shape index (κ2) is 12.7. The molecule has 0 bridgehead atoms. The van der Waals surface area contributed by atoms with Crippen molar-refractivity contribution in [2.75, 3.05) is 13.1 Å². The summed E-state index contributed by atoms with van der Waals surface area (Å²) in [5, 5.41) is 1.97. The summed E-state index contributed by atoms with van der Waals surface area (Å²) in [5.74, 6) is 0. The van der Waals surface area contributed by atoms with Crippen molar-refractivity contribution in [2.24, 2.45) is 0 Å². The lowest BCUT2D eigenvalue weighted by Crippen LogP contribution is -2.27. The molecule has 0 aromatic rings. The molecule has 0 aromatic heterocycles. The number of unbranched alkanes of at least 4 members (excludes halogenated alkanes) is 6. The Bertz CT molecular complexity index is 176. The minimum Gasteiger partial charge on any atom is -0.387 e. The van der Waals surface area contributed by atoms with Crippen LogP contribution < -0.4 is 0 Å². The molecule has 2 nitrogen and oxygen atoms in total. The van der Waals surface area contributed by atoms with E-state index in [9.17, 15) is 0 Å². The van der Waals surface area contributed by atoms with Crippen LogP contribution in [0.1, 0.15) is 65.2 Å². The second-order valence-corrected chi connectivity index (χ2v) is 5.49. The number of thiocarbonyl (C=S) groups is 1. The molecule has 0 aliphatic heterocycles. The van der Waals surface area contributed by atoms with Crippen LogP contribution in [0.5, 0.6) is 0 Å². The molecule has 0 unspecified atom stereocenters. The van der Waals surface area contributed by atoms with Crippen molar-refractivity contribution in [1.82, 2.24) is 5.06 Å². The Morgan fingerprint density at radius 2 is 1.41 bits per heavy atom. The summed E-state index contributed by atoms with van der Waals surface area (Å²) in [6.45, 7) is 6.38. The van der Waals surface area contributed by atoms with Crippen LogP contribution in [-0.4, -0.2) is 22.5 Å². The third-order valence-electron chi connectivity index (χ3n) is 2.73. The highest BCUT2D eigenvalue weighted by Gasteiger charge is 2.06. The van der Waals surface area contributed by atoms with Crippen molar-refractivity contribution < 1.29 is 4.84 Å². The van der Waals surface area contributed by atoms with Gasteiger partial charge in [-0.25, -0.2) is 0 Å². The Morgan fingerprint density at radius 1 is 0.941 bits per heavy atom. The molecule has 0 saturated heterocycles. The Balaban J connectivity index is 3.68. The first-order chi connectivity index (χ1) is 8.20. The summed E-state index contributed by atoms with van der Waals surface area (Å²) in [7, 11) is 0. The number of hydrogen-bond acceptors (Lipinski definition) is 3. The first-order valence-corrected chi connectivity index (χ1v) is 7.72. The van der Waals surface area contributed by atoms with E-state index in [-0.39, 0.29) is 0 Å². The fourth-order valence-electron chi connectivity index (χ4n) is 1.74. The van der Waals surface area contributed by atoms with Gasteiger partial charge in [0.25, 0.3) is 0 Å². The summed E-state index contributed by atoms with van der Waals surface area (Å²) >= 11 is 8.91. The SMILES string of the molecule is CCCCCCN(CCCCCC)OC(=S)S. The van der Waals surface area contributed by atoms with Crippen LogP contribution in [0.15, 0.2) is 0 Å². The van der Waals surface area contributed by atoms with Crippen molar-refractivity contribution in [3.63, 3.8) is 0 Å². The zero-order valence-electron chi connectivity index (χ0n) is 11.3. The van der Waals surface area contributed by atoms with Crippen molar-refractivity contribution in [3.05, 3.63) is 0 Å². The van der Waals surface area contributed by atoms with E-state index in [1.807, 2.05) is 5.06 Å². The lowest BCUT2D eigenvalue weighted by Gasteiger charge is -2.21. The fraction of sp³-hybridized carbons (Fsp3) is 0.923. The molecule has 0 spiro atoms. The molecule has 4 heteroatoms. The topological polar surface area (TPSA) is 12.5 Å². The van der Waals surface area contributed by atoms with Gasteiger partial charge in [0.2, 0.25) is 4.38 Å². The molecule has 0 aliphatic carbocycles. The van der Waals surface area contributed by atoms with Crippen molar-refractivity contribution in [2.45, 2.75) is 65.2 Å². The van der Waals surface area contributed by atoms with Gasteiger partial charge in [-0.2, -0.15) is 0 Å². The predicted molar refractivity (Wildman–Crippen MR) is 82.5 cm³/mol. The van der Waals surface area contributed by atoms with Crippen LogP contribution in [0, 0.1) is 0 Å². The third-order valence-corrected chi connectivity index (χ3v) is 2.89. The third kappa shape index (κ3) is 12.4. The lowest BCUT2D eigenvalue weighted by atomic mass is 10.2. The molecule has 0 atom stereocenters. The van der Waals surface area contributed by atoms with Crippen LogP contribution in [0.25, 0.3) is 0 Å². The molecule has 17 heavy (non-hydrogen) atoms. The molecule has 0 radical (unpaired) electrons. The van der Waals surface area contributed by atoms with Gasteiger partial charge in [0.1, 0.15) is 0 Å². The van der Waals surface area contributed by atoms with Gasteiger partial charge >= 0.3 is 0 Å². The Hall–Kier alpha value is 0.200. The average molecular weight is 277 g/mol. The van der Waals surface area contributed by atoms with E-state index in [4.69, 9.17) is 17.1 Å². The Morgan fingerprint density at radius 3 is 1.76 bits per heavy atom. The first kappa shape index (κ1) is 17.2. The van der Waals surface area contributed by atoms with E-state index in [1.165, 1.54) is 51.4 Å². The summed E-state index contributed by atoms with van der Waals surface area (Å²) in [6, 6.07) is 0. The fourth-order valence-corrected chi connectivity index (χ4v) is 1.96. The minimum atomic E-state index is 0.330. The quantitative estimate of drug-likeness (QED) is 0.257. The Labute approximate surface area is 117 Å². The largest absolute Gasteiger partial charge is 0.387 e. The van der Waals surface area contributed by atoms with Crippen LogP contribution in [-0.2, 0) is 4.84 Å². The summed E-state index contributed by atoms with van der Waals surface area (Å²) < 4.78 is 0.330. The number of thiol groups is 1. The average Bonchev–Trinajstić information content (AvgIpc) is 2.29. The molecule has 0 rings (SSSR count). The maximum Gasteiger partial charge on any atom is 0.241 e. The van der Waals surface area contributed by atoms with Gasteiger partial charge in [-0.3, -0.25) is 0 Å². The summed E-state index contributed by atoms with van der Waals surface area (Å²) in [5.41, 5.74) is 0. The molecule has 0 saturated carbocycles. The zero-order valence-corrected chi connectivity index (χ0v) is 13.0. The molecule has 102 valence electrons. The van der Waals surface area contributed by atoms with Gasteiger partial charge in [-0.05, 0) is 25.1 Å². The second-order valence-electron chi connectivity index (χ2n) is 4.41. The van der Waals surface area contributed by atoms with E-state index < -0.39 is 0 Å². The molecular weight excluding hydrogens is 250 g/mol.